The van der Waals surface area contributed by atoms with Gasteiger partial charge in [-0.25, -0.2) is 0 Å². The van der Waals surface area contributed by atoms with Gasteiger partial charge in [0, 0.05) is 17.5 Å². The quantitative estimate of drug-likeness (QED) is 0.426. The fourth-order valence-electron chi connectivity index (χ4n) is 5.72. The van der Waals surface area contributed by atoms with Gasteiger partial charge in [0.25, 0.3) is 5.56 Å². The largest absolute Gasteiger partial charge is 0.360 e. The van der Waals surface area contributed by atoms with Gasteiger partial charge in [-0.2, -0.15) is 0 Å². The van der Waals surface area contributed by atoms with E-state index in [1.54, 1.807) is 6.92 Å². The first kappa shape index (κ1) is 21.4. The summed E-state index contributed by atoms with van der Waals surface area (Å²) in [4.78, 5) is 27.0. The van der Waals surface area contributed by atoms with Gasteiger partial charge in [-0.15, -0.1) is 0 Å². The number of aryl methyl sites for hydroxylation is 1. The number of fused-ring (bicyclic) bond motifs is 3. The van der Waals surface area contributed by atoms with E-state index in [9.17, 15) is 9.59 Å². The molecule has 34 heavy (non-hydrogen) atoms. The second-order valence-corrected chi connectivity index (χ2v) is 10.1. The molecule has 0 aliphatic heterocycles. The van der Waals surface area contributed by atoms with Gasteiger partial charge >= 0.3 is 0 Å². The van der Waals surface area contributed by atoms with E-state index in [-0.39, 0.29) is 23.6 Å². The molecule has 7 heteroatoms. The minimum Gasteiger partial charge on any atom is -0.360 e. The maximum Gasteiger partial charge on any atom is 0.264 e. The highest BCUT2D eigenvalue weighted by molar-refractivity contribution is 6.37. The van der Waals surface area contributed by atoms with Crippen molar-refractivity contribution in [2.75, 3.05) is 0 Å². The molecule has 4 aromatic rings. The minimum atomic E-state index is -0.399. The Kier molecular flexibility index (Phi) is 5.03. The van der Waals surface area contributed by atoms with E-state index in [4.69, 9.17) is 16.1 Å². The lowest BCUT2D eigenvalue weighted by molar-refractivity contribution is -0.124. The second kappa shape index (κ2) is 7.98. The number of benzene rings is 2. The molecule has 0 spiro atoms. The van der Waals surface area contributed by atoms with Gasteiger partial charge in [-0.05, 0) is 63.1 Å². The molecule has 6 rings (SSSR count). The molecule has 2 unspecified atom stereocenters. The number of nitrogens with zero attached hydrogens (tertiary/aromatic N) is 2. The molecule has 2 fully saturated rings. The molecule has 0 saturated heterocycles. The molecular formula is C27H26ClN3O3. The molecule has 2 aromatic heterocycles. The van der Waals surface area contributed by atoms with Crippen LogP contribution in [0.4, 0.5) is 0 Å². The molecule has 2 aromatic carbocycles. The Morgan fingerprint density at radius 3 is 2.68 bits per heavy atom. The van der Waals surface area contributed by atoms with E-state index in [1.165, 1.54) is 0 Å². The van der Waals surface area contributed by atoms with Crippen LogP contribution in [0.3, 0.4) is 0 Å². The van der Waals surface area contributed by atoms with Crippen molar-refractivity contribution in [3.05, 3.63) is 75.2 Å². The van der Waals surface area contributed by atoms with Crippen LogP contribution in [0.2, 0.25) is 5.02 Å². The topological polar surface area (TPSA) is 77.1 Å². The molecular weight excluding hydrogens is 450 g/mol. The first-order valence-electron chi connectivity index (χ1n) is 11.9. The molecule has 2 aliphatic rings. The Morgan fingerprint density at radius 2 is 1.91 bits per heavy atom. The number of halogens is 1. The Balaban J connectivity index is 1.34. The van der Waals surface area contributed by atoms with Gasteiger partial charge in [0.1, 0.15) is 16.7 Å². The zero-order chi connectivity index (χ0) is 23.4. The van der Waals surface area contributed by atoms with Crippen molar-refractivity contribution in [3.63, 3.8) is 0 Å². The van der Waals surface area contributed by atoms with Crippen LogP contribution in [-0.4, -0.2) is 21.7 Å². The van der Waals surface area contributed by atoms with Gasteiger partial charge in [0.05, 0.1) is 16.0 Å². The molecule has 1 amide bonds. The average Bonchev–Trinajstić information content (AvgIpc) is 3.57. The van der Waals surface area contributed by atoms with Crippen molar-refractivity contribution in [1.29, 1.82) is 0 Å². The van der Waals surface area contributed by atoms with Crippen LogP contribution in [0.5, 0.6) is 0 Å². The second-order valence-electron chi connectivity index (χ2n) is 9.71. The summed E-state index contributed by atoms with van der Waals surface area (Å²) in [6, 6.07) is 15.6. The normalized spacial score (nSPS) is 21.6. The van der Waals surface area contributed by atoms with Crippen molar-refractivity contribution in [2.45, 2.75) is 62.9 Å². The third kappa shape index (κ3) is 3.27. The Hall–Kier alpha value is -3.12. The summed E-state index contributed by atoms with van der Waals surface area (Å²) in [7, 11) is 0. The molecule has 0 bridgehead atoms. The van der Waals surface area contributed by atoms with Gasteiger partial charge in [0.2, 0.25) is 5.91 Å². The maximum atomic E-state index is 13.7. The van der Waals surface area contributed by atoms with Crippen LogP contribution in [0.25, 0.3) is 21.8 Å². The Morgan fingerprint density at radius 1 is 1.12 bits per heavy atom. The summed E-state index contributed by atoms with van der Waals surface area (Å²) in [6.45, 7) is 1.76. The predicted molar refractivity (Wildman–Crippen MR) is 132 cm³/mol. The molecule has 1 N–H and O–H groups in total. The fourth-order valence-corrected chi connectivity index (χ4v) is 5.98. The number of hydrogen-bond acceptors (Lipinski definition) is 4. The first-order valence-corrected chi connectivity index (χ1v) is 12.3. The highest BCUT2D eigenvalue weighted by Gasteiger charge is 2.51. The van der Waals surface area contributed by atoms with Crippen LogP contribution in [0.1, 0.15) is 55.9 Å². The van der Waals surface area contributed by atoms with E-state index < -0.39 is 5.41 Å². The number of carbonyl (C=O) groups is 1. The van der Waals surface area contributed by atoms with Crippen LogP contribution >= 0.6 is 11.6 Å². The lowest BCUT2D eigenvalue weighted by Crippen LogP contribution is -2.44. The number of rotatable bonds is 4. The number of nitrogens with one attached hydrogen (secondary N) is 1. The van der Waals surface area contributed by atoms with E-state index >= 15 is 0 Å². The standard InChI is InChI=1S/C27H26ClN3O3/c1-16-22-24(30-34-16)23-20(28)11-6-12-21(23)31(25(22)32)19-10-5-9-18(15-19)29-26(33)27(13-14-27)17-7-3-2-4-8-17/h2-4,6-8,11-12,18-19H,5,9-10,13-15H2,1H3,(H,29,33). The van der Waals surface area contributed by atoms with E-state index in [0.29, 0.717) is 28.1 Å². The van der Waals surface area contributed by atoms with Crippen LogP contribution in [0, 0.1) is 6.92 Å². The Labute approximate surface area is 201 Å². The summed E-state index contributed by atoms with van der Waals surface area (Å²) in [5, 5.41) is 9.24. The van der Waals surface area contributed by atoms with Crippen molar-refractivity contribution in [1.82, 2.24) is 15.0 Å². The first-order chi connectivity index (χ1) is 16.5. The summed E-state index contributed by atoms with van der Waals surface area (Å²) in [5.41, 5.74) is 1.86. The van der Waals surface area contributed by atoms with Crippen LogP contribution < -0.4 is 10.9 Å². The summed E-state index contributed by atoms with van der Waals surface area (Å²) >= 11 is 6.57. The smallest absolute Gasteiger partial charge is 0.264 e. The summed E-state index contributed by atoms with van der Waals surface area (Å²) in [6.07, 6.45) is 5.18. The van der Waals surface area contributed by atoms with Crippen LogP contribution in [-0.2, 0) is 10.2 Å². The number of aromatic nitrogens is 2. The molecule has 2 saturated carbocycles. The maximum absolute atomic E-state index is 13.7. The van der Waals surface area contributed by atoms with E-state index in [1.807, 2.05) is 53.1 Å². The zero-order valence-corrected chi connectivity index (χ0v) is 19.8. The molecule has 2 heterocycles. The Bertz CT molecular complexity index is 1470. The predicted octanol–water partition coefficient (Wildman–Crippen LogP) is 5.44. The SMILES string of the molecule is Cc1onc2c1c(=O)n(C1CCCC(NC(=O)C3(c4ccccc4)CC3)C1)c1cccc(Cl)c21. The minimum absolute atomic E-state index is 0.0211. The van der Waals surface area contributed by atoms with Gasteiger partial charge in [0.15, 0.2) is 0 Å². The van der Waals surface area contributed by atoms with Crippen molar-refractivity contribution in [3.8, 4) is 0 Å². The number of pyridine rings is 1. The molecule has 0 radical (unpaired) electrons. The van der Waals surface area contributed by atoms with Crippen molar-refractivity contribution in [2.24, 2.45) is 0 Å². The molecule has 6 nitrogen and oxygen atoms in total. The third-order valence-electron chi connectivity index (χ3n) is 7.64. The number of carbonyl (C=O) groups excluding carboxylic acids is 1. The third-order valence-corrected chi connectivity index (χ3v) is 7.96. The van der Waals surface area contributed by atoms with Gasteiger partial charge in [-0.3, -0.25) is 9.59 Å². The molecule has 2 aliphatic carbocycles. The summed E-state index contributed by atoms with van der Waals surface area (Å²) < 4.78 is 7.24. The van der Waals surface area contributed by atoms with E-state index in [2.05, 4.69) is 10.5 Å². The molecule has 174 valence electrons. The number of hydrogen-bond donors (Lipinski definition) is 1. The van der Waals surface area contributed by atoms with Crippen LogP contribution in [0.15, 0.2) is 57.8 Å². The average molecular weight is 476 g/mol. The van der Waals surface area contributed by atoms with E-state index in [0.717, 1.165) is 48.6 Å². The van der Waals surface area contributed by atoms with Crippen molar-refractivity contribution >= 4 is 39.3 Å². The highest BCUT2D eigenvalue weighted by atomic mass is 35.5. The monoisotopic (exact) mass is 475 g/mol. The molecule has 2 atom stereocenters. The fraction of sp³-hybridized carbons (Fsp3) is 0.370. The lowest BCUT2D eigenvalue weighted by Gasteiger charge is -2.33. The van der Waals surface area contributed by atoms with Crippen molar-refractivity contribution < 1.29 is 9.32 Å². The number of amides is 1. The highest BCUT2D eigenvalue weighted by Crippen LogP contribution is 2.48. The van der Waals surface area contributed by atoms with Gasteiger partial charge in [-0.1, -0.05) is 53.2 Å². The van der Waals surface area contributed by atoms with Gasteiger partial charge < -0.3 is 14.4 Å². The summed E-state index contributed by atoms with van der Waals surface area (Å²) in [5.74, 6) is 0.602. The zero-order valence-electron chi connectivity index (χ0n) is 19.0. The lowest BCUT2D eigenvalue weighted by atomic mass is 9.88.